The molecule has 3 aromatic rings. The minimum absolute atomic E-state index is 0.0324. The van der Waals surface area contributed by atoms with Gasteiger partial charge in [0.25, 0.3) is 0 Å². The van der Waals surface area contributed by atoms with Gasteiger partial charge >= 0.3 is 0 Å². The third-order valence-electron chi connectivity index (χ3n) is 3.24. The van der Waals surface area contributed by atoms with Gasteiger partial charge in [0.15, 0.2) is 9.84 Å². The molecule has 23 heavy (non-hydrogen) atoms. The lowest BCUT2D eigenvalue weighted by Gasteiger charge is -2.06. The molecular formula is C14H8ClF2IN2O2S. The first-order chi connectivity index (χ1) is 10.8. The van der Waals surface area contributed by atoms with Crippen LogP contribution in [0.5, 0.6) is 0 Å². The van der Waals surface area contributed by atoms with Gasteiger partial charge in [-0.25, -0.2) is 22.2 Å². The highest BCUT2D eigenvalue weighted by Crippen LogP contribution is 2.27. The molecule has 0 radical (unpaired) electrons. The van der Waals surface area contributed by atoms with Crippen LogP contribution in [0.4, 0.5) is 8.78 Å². The maximum atomic E-state index is 13.9. The fraction of sp³-hybridized carbons (Fsp3) is 0.0714. The lowest BCUT2D eigenvalue weighted by Crippen LogP contribution is -2.07. The highest BCUT2D eigenvalue weighted by Gasteiger charge is 2.23. The molecule has 0 saturated carbocycles. The molecule has 0 aliphatic rings. The van der Waals surface area contributed by atoms with Gasteiger partial charge in [0.05, 0.1) is 14.2 Å². The number of pyridine rings is 1. The Kier molecular flexibility index (Phi) is 4.32. The Labute approximate surface area is 148 Å². The van der Waals surface area contributed by atoms with Gasteiger partial charge in [0.2, 0.25) is 0 Å². The summed E-state index contributed by atoms with van der Waals surface area (Å²) in [6.07, 6.45) is 1.27. The van der Waals surface area contributed by atoms with Gasteiger partial charge in [0, 0.05) is 17.1 Å². The van der Waals surface area contributed by atoms with Crippen LogP contribution in [0.2, 0.25) is 5.15 Å². The number of aromatic amines is 1. The second kappa shape index (κ2) is 5.99. The summed E-state index contributed by atoms with van der Waals surface area (Å²) < 4.78 is 52.6. The smallest absolute Gasteiger partial charge is 0.184 e. The van der Waals surface area contributed by atoms with Crippen molar-refractivity contribution in [3.8, 4) is 0 Å². The second-order valence-electron chi connectivity index (χ2n) is 4.80. The van der Waals surface area contributed by atoms with Crippen LogP contribution in [0, 0.1) is 15.2 Å². The average Bonchev–Trinajstić information content (AvgIpc) is 2.88. The Morgan fingerprint density at radius 1 is 1.22 bits per heavy atom. The standard InChI is InChI=1S/C14H8ClF2IN2O2S/c15-13-2-1-8-12(5-19-14(8)20-13)23(21,22)6-7-3-10(17)11(18)4-9(7)16/h1-5H,6H2,(H,19,20). The van der Waals surface area contributed by atoms with E-state index in [2.05, 4.69) is 9.97 Å². The molecule has 1 N–H and O–H groups in total. The normalized spacial score (nSPS) is 12.0. The van der Waals surface area contributed by atoms with E-state index in [9.17, 15) is 17.2 Å². The molecule has 0 spiro atoms. The van der Waals surface area contributed by atoms with E-state index in [-0.39, 0.29) is 19.2 Å². The first-order valence-corrected chi connectivity index (χ1v) is 9.38. The van der Waals surface area contributed by atoms with Crippen molar-refractivity contribution >= 4 is 55.1 Å². The number of fused-ring (bicyclic) bond motifs is 1. The van der Waals surface area contributed by atoms with Gasteiger partial charge in [-0.1, -0.05) is 11.6 Å². The molecule has 3 rings (SSSR count). The molecule has 0 unspecified atom stereocenters. The number of benzene rings is 1. The van der Waals surface area contributed by atoms with Crippen molar-refractivity contribution in [2.24, 2.45) is 0 Å². The second-order valence-corrected chi connectivity index (χ2v) is 8.31. The number of nitrogens with zero attached hydrogens (tertiary/aromatic N) is 1. The molecule has 0 amide bonds. The molecule has 0 atom stereocenters. The monoisotopic (exact) mass is 468 g/mol. The van der Waals surface area contributed by atoms with Gasteiger partial charge in [-0.05, 0) is 46.9 Å². The van der Waals surface area contributed by atoms with Crippen LogP contribution in [0.3, 0.4) is 0 Å². The SMILES string of the molecule is O=S(=O)(Cc1cc(F)c(I)cc1F)c1c[nH]c2nc(Cl)ccc12. The predicted octanol–water partition coefficient (Wildman–Crippen LogP) is 4.07. The zero-order valence-electron chi connectivity index (χ0n) is 11.3. The number of aromatic nitrogens is 2. The van der Waals surface area contributed by atoms with E-state index >= 15 is 0 Å². The number of halogens is 4. The van der Waals surface area contributed by atoms with Crippen LogP contribution in [0.15, 0.2) is 35.4 Å². The van der Waals surface area contributed by atoms with Gasteiger partial charge < -0.3 is 4.98 Å². The minimum atomic E-state index is -3.89. The van der Waals surface area contributed by atoms with Crippen LogP contribution >= 0.6 is 34.2 Å². The molecule has 4 nitrogen and oxygen atoms in total. The lowest BCUT2D eigenvalue weighted by molar-refractivity contribution is 0.575. The first-order valence-electron chi connectivity index (χ1n) is 6.28. The van der Waals surface area contributed by atoms with E-state index in [4.69, 9.17) is 11.6 Å². The molecule has 0 saturated heterocycles. The van der Waals surface area contributed by atoms with E-state index in [1.807, 2.05) is 0 Å². The van der Waals surface area contributed by atoms with Crippen molar-refractivity contribution in [1.82, 2.24) is 9.97 Å². The Bertz CT molecular complexity index is 1020. The number of H-pyrrole nitrogens is 1. The van der Waals surface area contributed by atoms with E-state index in [0.717, 1.165) is 12.1 Å². The number of hydrogen-bond donors (Lipinski definition) is 1. The van der Waals surface area contributed by atoms with Crippen LogP contribution in [-0.4, -0.2) is 18.4 Å². The Hall–Kier alpha value is -1.26. The molecule has 1 aromatic carbocycles. The Morgan fingerprint density at radius 3 is 2.70 bits per heavy atom. The summed E-state index contributed by atoms with van der Waals surface area (Å²) in [5, 5.41) is 0.565. The van der Waals surface area contributed by atoms with Crippen molar-refractivity contribution in [1.29, 1.82) is 0 Å². The summed E-state index contributed by atoms with van der Waals surface area (Å²) in [6.45, 7) is 0. The van der Waals surface area contributed by atoms with Gasteiger partial charge in [-0.3, -0.25) is 0 Å². The molecule has 120 valence electrons. The third kappa shape index (κ3) is 3.20. The quantitative estimate of drug-likeness (QED) is 0.358. The Balaban J connectivity index is 2.06. The zero-order valence-corrected chi connectivity index (χ0v) is 15.0. The summed E-state index contributed by atoms with van der Waals surface area (Å²) in [5.74, 6) is -2.08. The van der Waals surface area contributed by atoms with E-state index < -0.39 is 27.2 Å². The summed E-state index contributed by atoms with van der Waals surface area (Å²) in [7, 11) is -3.89. The molecule has 0 aliphatic heterocycles. The highest BCUT2D eigenvalue weighted by atomic mass is 127. The number of rotatable bonds is 3. The van der Waals surface area contributed by atoms with Crippen molar-refractivity contribution in [2.45, 2.75) is 10.6 Å². The predicted molar refractivity (Wildman–Crippen MR) is 91.1 cm³/mol. The van der Waals surface area contributed by atoms with Gasteiger partial charge in [0.1, 0.15) is 22.4 Å². The molecule has 2 aromatic heterocycles. The summed E-state index contributed by atoms with van der Waals surface area (Å²) in [6, 6.07) is 4.84. The maximum Gasteiger partial charge on any atom is 0.184 e. The van der Waals surface area contributed by atoms with Crippen LogP contribution in [0.1, 0.15) is 5.56 Å². The number of sulfone groups is 1. The van der Waals surface area contributed by atoms with E-state index in [1.54, 1.807) is 22.6 Å². The summed E-state index contributed by atoms with van der Waals surface area (Å²) in [4.78, 5) is 6.65. The third-order valence-corrected chi connectivity index (χ3v) is 5.97. The van der Waals surface area contributed by atoms with Gasteiger partial charge in [-0.15, -0.1) is 0 Å². The fourth-order valence-electron chi connectivity index (χ4n) is 2.17. The molecule has 0 bridgehead atoms. The summed E-state index contributed by atoms with van der Waals surface area (Å²) >= 11 is 7.39. The Morgan fingerprint density at radius 2 is 1.96 bits per heavy atom. The fourth-order valence-corrected chi connectivity index (χ4v) is 4.27. The average molecular weight is 469 g/mol. The van der Waals surface area contributed by atoms with Crippen LogP contribution < -0.4 is 0 Å². The van der Waals surface area contributed by atoms with Crippen molar-refractivity contribution in [2.75, 3.05) is 0 Å². The molecule has 0 fully saturated rings. The zero-order chi connectivity index (χ0) is 16.8. The number of hydrogen-bond acceptors (Lipinski definition) is 3. The van der Waals surface area contributed by atoms with E-state index in [1.165, 1.54) is 18.3 Å². The highest BCUT2D eigenvalue weighted by molar-refractivity contribution is 14.1. The first kappa shape index (κ1) is 16.6. The lowest BCUT2D eigenvalue weighted by atomic mass is 10.2. The molecule has 0 aliphatic carbocycles. The topological polar surface area (TPSA) is 62.8 Å². The number of nitrogens with one attached hydrogen (secondary N) is 1. The maximum absolute atomic E-state index is 13.9. The van der Waals surface area contributed by atoms with Crippen LogP contribution in [0.25, 0.3) is 11.0 Å². The minimum Gasteiger partial charge on any atom is -0.345 e. The molecule has 9 heteroatoms. The van der Waals surface area contributed by atoms with Crippen molar-refractivity contribution < 1.29 is 17.2 Å². The van der Waals surface area contributed by atoms with Crippen molar-refractivity contribution in [3.63, 3.8) is 0 Å². The van der Waals surface area contributed by atoms with Gasteiger partial charge in [-0.2, -0.15) is 0 Å². The summed E-state index contributed by atoms with van der Waals surface area (Å²) in [5.41, 5.74) is 0.0875. The van der Waals surface area contributed by atoms with E-state index in [0.29, 0.717) is 11.0 Å². The van der Waals surface area contributed by atoms with Crippen LogP contribution in [-0.2, 0) is 15.6 Å². The largest absolute Gasteiger partial charge is 0.345 e. The molecular weight excluding hydrogens is 461 g/mol. The van der Waals surface area contributed by atoms with Crippen molar-refractivity contribution in [3.05, 3.63) is 56.4 Å². The molecule has 2 heterocycles.